The predicted molar refractivity (Wildman–Crippen MR) is 201 cm³/mol. The van der Waals surface area contributed by atoms with E-state index in [9.17, 15) is 0 Å². The molecule has 50 heavy (non-hydrogen) atoms. The van der Waals surface area contributed by atoms with Crippen molar-refractivity contribution in [3.05, 3.63) is 57.3 Å². The van der Waals surface area contributed by atoms with E-state index in [-0.39, 0.29) is 30.1 Å². The van der Waals surface area contributed by atoms with E-state index in [1.165, 1.54) is 17.1 Å². The molecule has 2 aliphatic heterocycles. The van der Waals surface area contributed by atoms with Crippen LogP contribution in [0, 0.1) is 0 Å². The highest BCUT2D eigenvalue weighted by atomic mass is 16.5. The van der Waals surface area contributed by atoms with Crippen molar-refractivity contribution in [3.8, 4) is 11.5 Å². The van der Waals surface area contributed by atoms with E-state index in [1.807, 2.05) is 6.07 Å². The first-order chi connectivity index (χ1) is 23.8. The van der Waals surface area contributed by atoms with Gasteiger partial charge in [0.15, 0.2) is 18.0 Å². The van der Waals surface area contributed by atoms with E-state index < -0.39 is 0 Å². The van der Waals surface area contributed by atoms with E-state index in [1.54, 1.807) is 0 Å². The van der Waals surface area contributed by atoms with Gasteiger partial charge in [0.1, 0.15) is 36.6 Å². The summed E-state index contributed by atoms with van der Waals surface area (Å²) in [5.41, 5.74) is 21.6. The highest BCUT2D eigenvalue weighted by Gasteiger charge is 2.59. The summed E-state index contributed by atoms with van der Waals surface area (Å²) in [6, 6.07) is 13.5. The van der Waals surface area contributed by atoms with Crippen molar-refractivity contribution >= 4 is 22.7 Å². The van der Waals surface area contributed by atoms with Gasteiger partial charge in [-0.15, -0.1) is 0 Å². The lowest BCUT2D eigenvalue weighted by Gasteiger charge is -2.53. The Bertz CT molecular complexity index is 1540. The first-order valence-electron chi connectivity index (χ1n) is 17.8. The number of anilines is 3. The molecular weight excluding hydrogens is 636 g/mol. The molecule has 0 aromatic heterocycles. The first-order valence-corrected chi connectivity index (χ1v) is 17.8. The zero-order chi connectivity index (χ0) is 36.6. The zero-order valence-electron chi connectivity index (χ0n) is 31.6. The molecule has 0 N–H and O–H groups in total. The molecule has 0 saturated carbocycles. The lowest BCUT2D eigenvalue weighted by molar-refractivity contribution is 0.106. The van der Waals surface area contributed by atoms with Crippen molar-refractivity contribution in [2.24, 2.45) is 10.2 Å². The first kappa shape index (κ1) is 38.7. The third-order valence-corrected chi connectivity index (χ3v) is 9.87. The maximum absolute atomic E-state index is 8.48. The number of azide groups is 2. The quantitative estimate of drug-likeness (QED) is 0.0503. The Morgan fingerprint density at radius 2 is 1.28 bits per heavy atom. The highest BCUT2D eigenvalue weighted by molar-refractivity contribution is 5.82. The van der Waals surface area contributed by atoms with Crippen molar-refractivity contribution < 1.29 is 18.9 Å². The molecular formula is C36H57N10O4+. The Balaban J connectivity index is 1.69. The molecule has 0 radical (unpaired) electrons. The van der Waals surface area contributed by atoms with Gasteiger partial charge < -0.3 is 28.7 Å². The summed E-state index contributed by atoms with van der Waals surface area (Å²) in [5.74, 6) is 1.60. The molecule has 0 amide bonds. The molecule has 0 bridgehead atoms. The van der Waals surface area contributed by atoms with Crippen LogP contribution in [0.2, 0.25) is 0 Å². The van der Waals surface area contributed by atoms with Crippen molar-refractivity contribution in [2.45, 2.75) is 105 Å². The summed E-state index contributed by atoms with van der Waals surface area (Å²) < 4.78 is 24.2. The Hall–Kier alpha value is -4.06. The van der Waals surface area contributed by atoms with Crippen LogP contribution >= 0.6 is 0 Å². The molecule has 14 heteroatoms. The molecule has 4 rings (SSSR count). The minimum Gasteiger partial charge on any atom is -0.491 e. The maximum atomic E-state index is 8.48. The molecule has 2 aromatic carbocycles. The van der Waals surface area contributed by atoms with Crippen LogP contribution in [0.3, 0.4) is 0 Å². The summed E-state index contributed by atoms with van der Waals surface area (Å²) in [6.45, 7) is 26.0. The number of nitrogens with zero attached hydrogens (tertiary/aromatic N) is 10. The second kappa shape index (κ2) is 16.8. The normalized spacial score (nSPS) is 20.4. The van der Waals surface area contributed by atoms with E-state index in [4.69, 9.17) is 30.0 Å². The molecule has 274 valence electrons. The van der Waals surface area contributed by atoms with Crippen LogP contribution < -0.4 is 28.7 Å². The number of hydrogen-bond donors (Lipinski definition) is 0. The third-order valence-electron chi connectivity index (χ3n) is 9.87. The largest absolute Gasteiger partial charge is 0.491 e. The Kier molecular flexibility index (Phi) is 13.0. The monoisotopic (exact) mass is 693 g/mol. The average molecular weight is 694 g/mol. The molecule has 0 fully saturated rings. The van der Waals surface area contributed by atoms with Crippen LogP contribution in [0.1, 0.15) is 69.2 Å². The summed E-state index contributed by atoms with van der Waals surface area (Å²) in [7, 11) is 0. The molecule has 4 unspecified atom stereocenters. The van der Waals surface area contributed by atoms with Gasteiger partial charge in [0.25, 0.3) is 0 Å². The van der Waals surface area contributed by atoms with Crippen molar-refractivity contribution in [2.75, 3.05) is 67.4 Å². The molecule has 2 aliphatic rings. The lowest BCUT2D eigenvalue weighted by Crippen LogP contribution is -2.73. The topological polar surface area (TPSA) is 144 Å². The van der Waals surface area contributed by atoms with Gasteiger partial charge in [-0.25, -0.2) is 4.48 Å². The third kappa shape index (κ3) is 7.80. The van der Waals surface area contributed by atoms with Gasteiger partial charge in [-0.1, -0.05) is 10.2 Å². The second-order valence-electron chi connectivity index (χ2n) is 14.4. The number of benzene rings is 2. The highest BCUT2D eigenvalue weighted by Crippen LogP contribution is 2.55. The smallest absolute Gasteiger partial charge is 0.170 e. The SMILES string of the molecule is CC(C)N1c2ccc(OCCOCCN=[N+]=[N-])cc2N(C(C)[N+]2(C(C)C)c3ccc(OCCOCCN=[N+]=[N-])cc3N(C(C)(C)C)C2C)C1C. The minimum absolute atomic E-state index is 0.0455. The fourth-order valence-electron chi connectivity index (χ4n) is 8.21. The van der Waals surface area contributed by atoms with Gasteiger partial charge in [0.05, 0.1) is 43.8 Å². The summed E-state index contributed by atoms with van der Waals surface area (Å²) in [4.78, 5) is 13.2. The van der Waals surface area contributed by atoms with Gasteiger partial charge in [-0.3, -0.25) is 4.90 Å². The van der Waals surface area contributed by atoms with E-state index in [0.29, 0.717) is 58.8 Å². The van der Waals surface area contributed by atoms with Gasteiger partial charge in [0.2, 0.25) is 0 Å². The second-order valence-corrected chi connectivity index (χ2v) is 14.4. The zero-order valence-corrected chi connectivity index (χ0v) is 31.6. The van der Waals surface area contributed by atoms with Crippen LogP contribution in [-0.2, 0) is 9.47 Å². The number of quaternary nitrogens is 1. The maximum Gasteiger partial charge on any atom is 0.170 e. The van der Waals surface area contributed by atoms with Crippen molar-refractivity contribution in [1.29, 1.82) is 0 Å². The van der Waals surface area contributed by atoms with Crippen molar-refractivity contribution in [1.82, 2.24) is 4.48 Å². The lowest BCUT2D eigenvalue weighted by atomic mass is 10.0. The fraction of sp³-hybridized carbons (Fsp3) is 0.667. The number of rotatable bonds is 18. The summed E-state index contributed by atoms with van der Waals surface area (Å²) in [6.07, 6.45) is 0.267. The number of ether oxygens (including phenoxy) is 4. The Morgan fingerprint density at radius 1 is 0.740 bits per heavy atom. The number of fused-ring (bicyclic) bond motifs is 2. The standard InChI is InChI=1S/C36H57N10O4/c1-25(2)43-27(5)44(33-23-30(11-13-32(33)43)49-21-19-47-17-15-39-41-37)28(6)46(26(3)4)29(7)45(36(8,9)10)34-24-31(12-14-35(34)46)50-22-20-48-18-16-40-42-38/h11-14,23-29H,15-22H2,1-10H3/q+1. The molecule has 0 saturated heterocycles. The fourth-order valence-corrected chi connectivity index (χ4v) is 8.21. The minimum atomic E-state index is -0.158. The van der Waals surface area contributed by atoms with Crippen LogP contribution in [-0.4, -0.2) is 88.9 Å². The van der Waals surface area contributed by atoms with Gasteiger partial charge in [0, 0.05) is 66.5 Å². The van der Waals surface area contributed by atoms with Crippen LogP contribution in [0.25, 0.3) is 20.9 Å². The van der Waals surface area contributed by atoms with E-state index >= 15 is 0 Å². The molecule has 14 nitrogen and oxygen atoms in total. The Morgan fingerprint density at radius 3 is 1.78 bits per heavy atom. The van der Waals surface area contributed by atoms with Gasteiger partial charge >= 0.3 is 0 Å². The van der Waals surface area contributed by atoms with E-state index in [0.717, 1.165) is 21.7 Å². The molecule has 0 spiro atoms. The number of hydrogen-bond acceptors (Lipinski definition) is 9. The van der Waals surface area contributed by atoms with Gasteiger partial charge in [-0.2, -0.15) is 0 Å². The van der Waals surface area contributed by atoms with Crippen molar-refractivity contribution in [3.63, 3.8) is 0 Å². The summed E-state index contributed by atoms with van der Waals surface area (Å²) >= 11 is 0. The van der Waals surface area contributed by atoms with Crippen LogP contribution in [0.5, 0.6) is 11.5 Å². The van der Waals surface area contributed by atoms with Gasteiger partial charge in [-0.05, 0) is 84.7 Å². The predicted octanol–water partition coefficient (Wildman–Crippen LogP) is 8.21. The molecule has 0 aliphatic carbocycles. The molecule has 4 atom stereocenters. The molecule has 2 heterocycles. The van der Waals surface area contributed by atoms with E-state index in [2.05, 4.69) is 134 Å². The summed E-state index contributed by atoms with van der Waals surface area (Å²) in [5, 5.41) is 7.03. The molecule has 2 aromatic rings. The average Bonchev–Trinajstić information content (AvgIpc) is 3.50. The Labute approximate surface area is 297 Å². The van der Waals surface area contributed by atoms with Crippen LogP contribution in [0.15, 0.2) is 46.6 Å². The van der Waals surface area contributed by atoms with Crippen LogP contribution in [0.4, 0.5) is 22.7 Å².